The molecular weight excluding hydrogens is 240 g/mol. The van der Waals surface area contributed by atoms with Crippen LogP contribution < -0.4 is 0 Å². The van der Waals surface area contributed by atoms with Crippen molar-refractivity contribution in [3.63, 3.8) is 0 Å². The summed E-state index contributed by atoms with van der Waals surface area (Å²) in [7, 11) is 1.46. The van der Waals surface area contributed by atoms with Gasteiger partial charge in [0.1, 0.15) is 6.04 Å². The molecule has 0 aliphatic rings. The van der Waals surface area contributed by atoms with Gasteiger partial charge in [-0.1, -0.05) is 26.7 Å². The summed E-state index contributed by atoms with van der Waals surface area (Å²) in [6.07, 6.45) is 6.53. The fourth-order valence-corrected chi connectivity index (χ4v) is 2.15. The predicted molar refractivity (Wildman–Crippen MR) is 75.7 cm³/mol. The topological polar surface area (TPSA) is 42.4 Å². The van der Waals surface area contributed by atoms with Gasteiger partial charge in [0.05, 0.1) is 7.11 Å². The van der Waals surface area contributed by atoms with Gasteiger partial charge >= 0.3 is 5.97 Å². The number of rotatable bonds is 8. The van der Waals surface area contributed by atoms with E-state index in [0.717, 1.165) is 32.4 Å². The van der Waals surface area contributed by atoms with Gasteiger partial charge in [0.15, 0.2) is 0 Å². The molecule has 4 heteroatoms. The van der Waals surface area contributed by atoms with Crippen molar-refractivity contribution >= 4 is 5.97 Å². The lowest BCUT2D eigenvalue weighted by atomic mass is 10.1. The van der Waals surface area contributed by atoms with Crippen LogP contribution in [0.5, 0.6) is 0 Å². The maximum Gasteiger partial charge on any atom is 0.323 e. The molecule has 1 rings (SSSR count). The molecule has 0 aromatic carbocycles. The molecule has 0 aliphatic carbocycles. The van der Waals surface area contributed by atoms with Crippen molar-refractivity contribution in [1.82, 2.24) is 9.88 Å². The van der Waals surface area contributed by atoms with E-state index in [1.807, 2.05) is 12.1 Å². The monoisotopic (exact) mass is 264 g/mol. The van der Waals surface area contributed by atoms with E-state index in [1.165, 1.54) is 12.7 Å². The normalized spacial score (nSPS) is 12.4. The Balaban J connectivity index is 2.74. The van der Waals surface area contributed by atoms with Crippen molar-refractivity contribution in [2.75, 3.05) is 13.7 Å². The van der Waals surface area contributed by atoms with E-state index in [0.29, 0.717) is 0 Å². The van der Waals surface area contributed by atoms with Crippen LogP contribution in [0.3, 0.4) is 0 Å². The molecule has 1 aromatic heterocycles. The van der Waals surface area contributed by atoms with Crippen molar-refractivity contribution in [2.45, 2.75) is 45.7 Å². The molecule has 1 atom stereocenters. The zero-order valence-electron chi connectivity index (χ0n) is 12.1. The van der Waals surface area contributed by atoms with Crippen molar-refractivity contribution in [1.29, 1.82) is 0 Å². The Kier molecular flexibility index (Phi) is 7.11. The molecule has 0 N–H and O–H groups in total. The summed E-state index contributed by atoms with van der Waals surface area (Å²) >= 11 is 0. The van der Waals surface area contributed by atoms with Gasteiger partial charge in [-0.25, -0.2) is 0 Å². The second-order valence-electron chi connectivity index (χ2n) is 4.60. The summed E-state index contributed by atoms with van der Waals surface area (Å²) in [5.74, 6) is -0.135. The van der Waals surface area contributed by atoms with Gasteiger partial charge in [0.25, 0.3) is 0 Å². The lowest BCUT2D eigenvalue weighted by Gasteiger charge is -2.28. The first-order chi connectivity index (χ1) is 9.22. The summed E-state index contributed by atoms with van der Waals surface area (Å²) in [6, 6.07) is 3.82. The minimum absolute atomic E-state index is 0.135. The molecule has 1 heterocycles. The third-order valence-electron chi connectivity index (χ3n) is 3.29. The van der Waals surface area contributed by atoms with E-state index in [1.54, 1.807) is 12.4 Å². The Morgan fingerprint density at radius 1 is 1.37 bits per heavy atom. The number of methoxy groups -OCH3 is 1. The summed E-state index contributed by atoms with van der Waals surface area (Å²) in [5, 5.41) is 0. The number of carbonyl (C=O) groups excluding carboxylic acids is 1. The highest BCUT2D eigenvalue weighted by Gasteiger charge is 2.25. The molecule has 106 valence electrons. The SMILES string of the molecule is CCCCC(C(=O)OC)N(CC)Cc1ccncc1. The highest BCUT2D eigenvalue weighted by Crippen LogP contribution is 2.14. The molecule has 19 heavy (non-hydrogen) atoms. The average molecular weight is 264 g/mol. The summed E-state index contributed by atoms with van der Waals surface area (Å²) < 4.78 is 4.94. The summed E-state index contributed by atoms with van der Waals surface area (Å²) in [4.78, 5) is 18.1. The molecule has 0 radical (unpaired) electrons. The van der Waals surface area contributed by atoms with Crippen LogP contribution in [0.2, 0.25) is 0 Å². The maximum absolute atomic E-state index is 11.9. The van der Waals surface area contributed by atoms with Gasteiger partial charge < -0.3 is 4.74 Å². The molecule has 0 bridgehead atoms. The van der Waals surface area contributed by atoms with Crippen molar-refractivity contribution in [2.24, 2.45) is 0 Å². The largest absolute Gasteiger partial charge is 0.468 e. The number of carbonyl (C=O) groups is 1. The predicted octanol–water partition coefficient (Wildman–Crippen LogP) is 2.64. The van der Waals surface area contributed by atoms with E-state index in [4.69, 9.17) is 4.74 Å². The number of aromatic nitrogens is 1. The number of ether oxygens (including phenoxy) is 1. The molecule has 0 saturated carbocycles. The van der Waals surface area contributed by atoms with E-state index >= 15 is 0 Å². The molecule has 0 amide bonds. The van der Waals surface area contributed by atoms with Crippen LogP contribution in [0.15, 0.2) is 24.5 Å². The third kappa shape index (κ3) is 4.99. The van der Waals surface area contributed by atoms with Crippen LogP contribution >= 0.6 is 0 Å². The molecule has 0 fully saturated rings. The molecule has 1 unspecified atom stereocenters. The van der Waals surface area contributed by atoms with E-state index in [2.05, 4.69) is 23.7 Å². The molecule has 0 spiro atoms. The standard InChI is InChI=1S/C15H24N2O2/c1-4-6-7-14(15(18)19-3)17(5-2)12-13-8-10-16-11-9-13/h8-11,14H,4-7,12H2,1-3H3. The quantitative estimate of drug-likeness (QED) is 0.677. The number of esters is 1. The fourth-order valence-electron chi connectivity index (χ4n) is 2.15. The minimum atomic E-state index is -0.150. The molecule has 1 aromatic rings. The summed E-state index contributed by atoms with van der Waals surface area (Å²) in [5.41, 5.74) is 1.17. The van der Waals surface area contributed by atoms with Crippen LogP contribution in [0.1, 0.15) is 38.7 Å². The van der Waals surface area contributed by atoms with Crippen LogP contribution in [-0.4, -0.2) is 35.5 Å². The van der Waals surface area contributed by atoms with Gasteiger partial charge in [-0.2, -0.15) is 0 Å². The van der Waals surface area contributed by atoms with E-state index < -0.39 is 0 Å². The van der Waals surface area contributed by atoms with Gasteiger partial charge in [-0.3, -0.25) is 14.7 Å². The number of nitrogens with zero attached hydrogens (tertiary/aromatic N) is 2. The lowest BCUT2D eigenvalue weighted by molar-refractivity contribution is -0.147. The molecule has 4 nitrogen and oxygen atoms in total. The molecular formula is C15H24N2O2. The van der Waals surface area contributed by atoms with E-state index in [-0.39, 0.29) is 12.0 Å². The van der Waals surface area contributed by atoms with E-state index in [9.17, 15) is 4.79 Å². The Hall–Kier alpha value is -1.42. The smallest absolute Gasteiger partial charge is 0.323 e. The number of likely N-dealkylation sites (N-methyl/N-ethyl adjacent to an activating group) is 1. The maximum atomic E-state index is 11.9. The molecule has 0 aliphatic heterocycles. The van der Waals surface area contributed by atoms with Crippen LogP contribution in [0, 0.1) is 0 Å². The Bertz CT molecular complexity index is 368. The first-order valence-electron chi connectivity index (χ1n) is 6.93. The number of pyridine rings is 1. The number of hydrogen-bond donors (Lipinski definition) is 0. The lowest BCUT2D eigenvalue weighted by Crippen LogP contribution is -2.41. The second kappa shape index (κ2) is 8.64. The Labute approximate surface area is 115 Å². The van der Waals surface area contributed by atoms with Crippen molar-refractivity contribution in [3.8, 4) is 0 Å². The van der Waals surface area contributed by atoms with Gasteiger partial charge in [-0.15, -0.1) is 0 Å². The fraction of sp³-hybridized carbons (Fsp3) is 0.600. The number of hydrogen-bond acceptors (Lipinski definition) is 4. The first kappa shape index (κ1) is 15.6. The summed E-state index contributed by atoms with van der Waals surface area (Å²) in [6.45, 7) is 5.78. The van der Waals surface area contributed by atoms with Crippen molar-refractivity contribution in [3.05, 3.63) is 30.1 Å². The zero-order chi connectivity index (χ0) is 14.1. The second-order valence-corrected chi connectivity index (χ2v) is 4.60. The van der Waals surface area contributed by atoms with Gasteiger partial charge in [-0.05, 0) is 30.7 Å². The highest BCUT2D eigenvalue weighted by atomic mass is 16.5. The van der Waals surface area contributed by atoms with Crippen LogP contribution in [0.25, 0.3) is 0 Å². The highest BCUT2D eigenvalue weighted by molar-refractivity contribution is 5.75. The zero-order valence-corrected chi connectivity index (χ0v) is 12.1. The molecule has 0 saturated heterocycles. The van der Waals surface area contributed by atoms with Crippen LogP contribution in [-0.2, 0) is 16.1 Å². The van der Waals surface area contributed by atoms with Crippen molar-refractivity contribution < 1.29 is 9.53 Å². The third-order valence-corrected chi connectivity index (χ3v) is 3.29. The first-order valence-corrected chi connectivity index (χ1v) is 6.93. The van der Waals surface area contributed by atoms with Crippen LogP contribution in [0.4, 0.5) is 0 Å². The number of unbranched alkanes of at least 4 members (excludes halogenated alkanes) is 1. The van der Waals surface area contributed by atoms with Gasteiger partial charge in [0.2, 0.25) is 0 Å². The average Bonchev–Trinajstić information content (AvgIpc) is 2.46. The Morgan fingerprint density at radius 2 is 2.05 bits per heavy atom. The Morgan fingerprint density at radius 3 is 2.58 bits per heavy atom. The minimum Gasteiger partial charge on any atom is -0.468 e. The van der Waals surface area contributed by atoms with Gasteiger partial charge in [0, 0.05) is 18.9 Å².